The van der Waals surface area contributed by atoms with E-state index in [1.807, 2.05) is 31.2 Å². The van der Waals surface area contributed by atoms with Gasteiger partial charge in [-0.15, -0.1) is 0 Å². The number of hydrogen-bond donors (Lipinski definition) is 2. The molecule has 0 aliphatic heterocycles. The third kappa shape index (κ3) is 4.21. The third-order valence-corrected chi connectivity index (χ3v) is 2.33. The Balaban J connectivity index is 2.67. The SMILES string of the molecule is CC(O)COc1ccccc1CC(C)CO. The number of para-hydroxylation sites is 1. The van der Waals surface area contributed by atoms with E-state index in [2.05, 4.69) is 0 Å². The summed E-state index contributed by atoms with van der Waals surface area (Å²) in [5.41, 5.74) is 1.07. The molecule has 90 valence electrons. The molecule has 1 rings (SSSR count). The van der Waals surface area contributed by atoms with E-state index < -0.39 is 6.10 Å². The second-order valence-corrected chi connectivity index (χ2v) is 4.26. The molecule has 2 unspecified atom stereocenters. The van der Waals surface area contributed by atoms with Crippen LogP contribution in [-0.4, -0.2) is 29.5 Å². The van der Waals surface area contributed by atoms with Crippen molar-refractivity contribution in [2.24, 2.45) is 5.92 Å². The quantitative estimate of drug-likeness (QED) is 0.772. The summed E-state index contributed by atoms with van der Waals surface area (Å²) in [4.78, 5) is 0. The minimum atomic E-state index is -0.469. The molecular weight excluding hydrogens is 204 g/mol. The van der Waals surface area contributed by atoms with Crippen LogP contribution in [-0.2, 0) is 6.42 Å². The molecule has 0 aromatic heterocycles. The van der Waals surface area contributed by atoms with Gasteiger partial charge in [0.05, 0.1) is 6.10 Å². The molecule has 0 aliphatic carbocycles. The van der Waals surface area contributed by atoms with Gasteiger partial charge in [-0.2, -0.15) is 0 Å². The summed E-state index contributed by atoms with van der Waals surface area (Å²) in [7, 11) is 0. The fraction of sp³-hybridized carbons (Fsp3) is 0.538. The molecule has 0 saturated heterocycles. The topological polar surface area (TPSA) is 49.7 Å². The van der Waals surface area contributed by atoms with E-state index in [-0.39, 0.29) is 12.5 Å². The molecule has 0 heterocycles. The average molecular weight is 224 g/mol. The van der Waals surface area contributed by atoms with Crippen molar-refractivity contribution >= 4 is 0 Å². The van der Waals surface area contributed by atoms with Gasteiger partial charge in [-0.25, -0.2) is 0 Å². The molecule has 0 bridgehead atoms. The van der Waals surface area contributed by atoms with Crippen LogP contribution in [0.4, 0.5) is 0 Å². The molecule has 1 aromatic carbocycles. The van der Waals surface area contributed by atoms with Gasteiger partial charge in [0.15, 0.2) is 0 Å². The van der Waals surface area contributed by atoms with Crippen molar-refractivity contribution in [1.29, 1.82) is 0 Å². The number of benzene rings is 1. The predicted molar refractivity (Wildman–Crippen MR) is 63.6 cm³/mol. The highest BCUT2D eigenvalue weighted by atomic mass is 16.5. The number of hydrogen-bond acceptors (Lipinski definition) is 3. The number of rotatable bonds is 6. The third-order valence-electron chi connectivity index (χ3n) is 2.33. The summed E-state index contributed by atoms with van der Waals surface area (Å²) >= 11 is 0. The molecule has 1 aromatic rings. The number of aliphatic hydroxyl groups is 2. The molecule has 3 heteroatoms. The Morgan fingerprint density at radius 1 is 1.25 bits per heavy atom. The van der Waals surface area contributed by atoms with Crippen LogP contribution in [0.25, 0.3) is 0 Å². The van der Waals surface area contributed by atoms with Crippen molar-refractivity contribution < 1.29 is 14.9 Å². The van der Waals surface area contributed by atoms with Crippen LogP contribution in [0.15, 0.2) is 24.3 Å². The highest BCUT2D eigenvalue weighted by molar-refractivity contribution is 5.33. The van der Waals surface area contributed by atoms with Crippen molar-refractivity contribution in [2.75, 3.05) is 13.2 Å². The maximum Gasteiger partial charge on any atom is 0.122 e. The molecule has 0 fully saturated rings. The molecule has 2 N–H and O–H groups in total. The van der Waals surface area contributed by atoms with E-state index in [1.165, 1.54) is 0 Å². The van der Waals surface area contributed by atoms with Crippen LogP contribution in [0.1, 0.15) is 19.4 Å². The standard InChI is InChI=1S/C13H20O3/c1-10(8-14)7-12-5-3-4-6-13(12)16-9-11(2)15/h3-6,10-11,14-15H,7-9H2,1-2H3. The highest BCUT2D eigenvalue weighted by Gasteiger charge is 2.08. The van der Waals surface area contributed by atoms with Crippen molar-refractivity contribution in [3.8, 4) is 5.75 Å². The van der Waals surface area contributed by atoms with E-state index in [4.69, 9.17) is 14.9 Å². The zero-order chi connectivity index (χ0) is 12.0. The molecule has 3 nitrogen and oxygen atoms in total. The summed E-state index contributed by atoms with van der Waals surface area (Å²) in [5, 5.41) is 18.2. The first kappa shape index (κ1) is 13.0. The van der Waals surface area contributed by atoms with Gasteiger partial charge in [0.2, 0.25) is 0 Å². The number of aliphatic hydroxyl groups excluding tert-OH is 2. The van der Waals surface area contributed by atoms with Gasteiger partial charge < -0.3 is 14.9 Å². The Bertz CT molecular complexity index is 310. The van der Waals surface area contributed by atoms with Crippen molar-refractivity contribution in [3.63, 3.8) is 0 Å². The van der Waals surface area contributed by atoms with Crippen LogP contribution in [0, 0.1) is 5.92 Å². The van der Waals surface area contributed by atoms with Gasteiger partial charge in [-0.05, 0) is 30.9 Å². The van der Waals surface area contributed by atoms with Crippen LogP contribution >= 0.6 is 0 Å². The normalized spacial score (nSPS) is 14.5. The Labute approximate surface area is 96.7 Å². The Kier molecular flexibility index (Phi) is 5.29. The van der Waals surface area contributed by atoms with Crippen molar-refractivity contribution in [1.82, 2.24) is 0 Å². The van der Waals surface area contributed by atoms with E-state index in [1.54, 1.807) is 6.92 Å². The van der Waals surface area contributed by atoms with Gasteiger partial charge in [-0.3, -0.25) is 0 Å². The first-order valence-corrected chi connectivity index (χ1v) is 5.63. The zero-order valence-electron chi connectivity index (χ0n) is 9.89. The van der Waals surface area contributed by atoms with E-state index in [0.29, 0.717) is 6.61 Å². The first-order valence-electron chi connectivity index (χ1n) is 5.63. The Morgan fingerprint density at radius 3 is 2.56 bits per heavy atom. The summed E-state index contributed by atoms with van der Waals surface area (Å²) in [6.07, 6.45) is 0.315. The van der Waals surface area contributed by atoms with Crippen LogP contribution in [0.5, 0.6) is 5.75 Å². The Morgan fingerprint density at radius 2 is 1.94 bits per heavy atom. The van der Waals surface area contributed by atoms with Gasteiger partial charge in [0.25, 0.3) is 0 Å². The second kappa shape index (κ2) is 6.51. The minimum absolute atomic E-state index is 0.171. The summed E-state index contributed by atoms with van der Waals surface area (Å²) in [6.45, 7) is 4.15. The molecule has 2 atom stereocenters. The maximum absolute atomic E-state index is 9.17. The molecule has 0 spiro atoms. The lowest BCUT2D eigenvalue weighted by Gasteiger charge is -2.14. The summed E-state index contributed by atoms with van der Waals surface area (Å²) < 4.78 is 5.51. The van der Waals surface area contributed by atoms with Crippen molar-refractivity contribution in [3.05, 3.63) is 29.8 Å². The fourth-order valence-electron chi connectivity index (χ4n) is 1.46. The zero-order valence-corrected chi connectivity index (χ0v) is 9.89. The van der Waals surface area contributed by atoms with Gasteiger partial charge in [0, 0.05) is 6.61 Å². The second-order valence-electron chi connectivity index (χ2n) is 4.26. The van der Waals surface area contributed by atoms with E-state index >= 15 is 0 Å². The highest BCUT2D eigenvalue weighted by Crippen LogP contribution is 2.21. The predicted octanol–water partition coefficient (Wildman–Crippen LogP) is 1.62. The van der Waals surface area contributed by atoms with Crippen LogP contribution in [0.3, 0.4) is 0 Å². The minimum Gasteiger partial charge on any atom is -0.491 e. The van der Waals surface area contributed by atoms with Gasteiger partial charge >= 0.3 is 0 Å². The average Bonchev–Trinajstić information content (AvgIpc) is 2.27. The molecular formula is C13H20O3. The maximum atomic E-state index is 9.17. The monoisotopic (exact) mass is 224 g/mol. The van der Waals surface area contributed by atoms with E-state index in [0.717, 1.165) is 17.7 Å². The largest absolute Gasteiger partial charge is 0.491 e. The summed E-state index contributed by atoms with van der Waals surface area (Å²) in [5.74, 6) is 1.01. The molecule has 16 heavy (non-hydrogen) atoms. The van der Waals surface area contributed by atoms with Crippen LogP contribution in [0.2, 0.25) is 0 Å². The van der Waals surface area contributed by atoms with Crippen LogP contribution < -0.4 is 4.74 Å². The molecule has 0 radical (unpaired) electrons. The summed E-state index contributed by atoms with van der Waals surface area (Å²) in [6, 6.07) is 7.74. The fourth-order valence-corrected chi connectivity index (χ4v) is 1.46. The molecule has 0 saturated carbocycles. The lowest BCUT2D eigenvalue weighted by molar-refractivity contribution is 0.122. The van der Waals surface area contributed by atoms with Gasteiger partial charge in [0.1, 0.15) is 12.4 Å². The molecule has 0 aliphatic rings. The Hall–Kier alpha value is -1.06. The van der Waals surface area contributed by atoms with Gasteiger partial charge in [-0.1, -0.05) is 25.1 Å². The molecule has 0 amide bonds. The smallest absolute Gasteiger partial charge is 0.122 e. The van der Waals surface area contributed by atoms with E-state index in [9.17, 15) is 0 Å². The number of ether oxygens (including phenoxy) is 1. The lowest BCUT2D eigenvalue weighted by Crippen LogP contribution is -2.14. The lowest BCUT2D eigenvalue weighted by atomic mass is 10.0. The first-order chi connectivity index (χ1) is 7.63. The van der Waals surface area contributed by atoms with Crippen molar-refractivity contribution in [2.45, 2.75) is 26.4 Å².